The first-order valence-corrected chi connectivity index (χ1v) is 12.7. The molecular weight excluding hydrogens is 498 g/mol. The molecule has 2 atom stereocenters. The molecule has 180 valence electrons. The number of unbranched alkanes of at least 4 members (excludes halogenated alkanes) is 2. The van der Waals surface area contributed by atoms with E-state index in [1.54, 1.807) is 29.2 Å². The topological polar surface area (TPSA) is 76.1 Å². The number of aliphatic hydroxyl groups excluding tert-OH is 1. The van der Waals surface area contributed by atoms with Gasteiger partial charge in [-0.2, -0.15) is 0 Å². The first-order chi connectivity index (χ1) is 16.5. The van der Waals surface area contributed by atoms with Gasteiger partial charge in [0.1, 0.15) is 11.5 Å². The third-order valence-electron chi connectivity index (χ3n) is 6.29. The Morgan fingerprint density at radius 2 is 1.85 bits per heavy atom. The molecule has 2 unspecified atom stereocenters. The van der Waals surface area contributed by atoms with E-state index in [1.165, 1.54) is 0 Å². The zero-order valence-corrected chi connectivity index (χ0v) is 20.9. The van der Waals surface area contributed by atoms with E-state index in [4.69, 9.17) is 9.47 Å². The lowest BCUT2D eigenvalue weighted by Gasteiger charge is -2.27. The van der Waals surface area contributed by atoms with Crippen molar-refractivity contribution in [3.8, 4) is 5.75 Å². The Morgan fingerprint density at radius 1 is 1.12 bits per heavy atom. The number of hydrogen-bond acceptors (Lipinski definition) is 5. The maximum Gasteiger partial charge on any atom is 0.295 e. The average molecular weight is 528 g/mol. The molecule has 2 saturated heterocycles. The SMILES string of the molecule is CCCCCOc1ccc(C2C(=C(O)c3ccc(Br)cc3)C(=O)C(=O)N2CC2CCCO2)cc1. The lowest BCUT2D eigenvalue weighted by Crippen LogP contribution is -2.36. The minimum Gasteiger partial charge on any atom is -0.507 e. The number of rotatable bonds is 9. The number of aliphatic hydroxyl groups is 1. The highest BCUT2D eigenvalue weighted by atomic mass is 79.9. The van der Waals surface area contributed by atoms with E-state index in [0.29, 0.717) is 25.3 Å². The first kappa shape index (κ1) is 24.5. The molecule has 4 rings (SSSR count). The van der Waals surface area contributed by atoms with Crippen molar-refractivity contribution < 1.29 is 24.2 Å². The number of benzene rings is 2. The second-order valence-corrected chi connectivity index (χ2v) is 9.63. The van der Waals surface area contributed by atoms with Crippen molar-refractivity contribution >= 4 is 33.4 Å². The third kappa shape index (κ3) is 5.36. The monoisotopic (exact) mass is 527 g/mol. The van der Waals surface area contributed by atoms with Crippen molar-refractivity contribution in [1.29, 1.82) is 0 Å². The highest BCUT2D eigenvalue weighted by molar-refractivity contribution is 9.10. The number of ketones is 1. The number of hydrogen-bond donors (Lipinski definition) is 1. The summed E-state index contributed by atoms with van der Waals surface area (Å²) in [5.41, 5.74) is 1.33. The zero-order chi connectivity index (χ0) is 24.1. The summed E-state index contributed by atoms with van der Waals surface area (Å²) in [5.74, 6) is -0.725. The highest BCUT2D eigenvalue weighted by Crippen LogP contribution is 2.40. The van der Waals surface area contributed by atoms with Crippen molar-refractivity contribution in [2.45, 2.75) is 51.2 Å². The molecule has 0 radical (unpaired) electrons. The Bertz CT molecular complexity index is 1040. The maximum absolute atomic E-state index is 13.1. The molecule has 2 aromatic carbocycles. The Labute approximate surface area is 208 Å². The number of ether oxygens (including phenoxy) is 2. The average Bonchev–Trinajstić information content (AvgIpc) is 3.45. The van der Waals surface area contributed by atoms with Crippen molar-refractivity contribution in [2.75, 3.05) is 19.8 Å². The van der Waals surface area contributed by atoms with Gasteiger partial charge in [-0.3, -0.25) is 9.59 Å². The number of halogens is 1. The lowest BCUT2D eigenvalue weighted by atomic mass is 9.95. The summed E-state index contributed by atoms with van der Waals surface area (Å²) >= 11 is 3.39. The fourth-order valence-corrected chi connectivity index (χ4v) is 4.74. The highest BCUT2D eigenvalue weighted by Gasteiger charge is 2.47. The van der Waals surface area contributed by atoms with Crippen LogP contribution in [0.3, 0.4) is 0 Å². The number of carbonyl (C=O) groups is 2. The van der Waals surface area contributed by atoms with E-state index in [1.807, 2.05) is 24.3 Å². The van der Waals surface area contributed by atoms with Crippen LogP contribution in [0.15, 0.2) is 58.6 Å². The van der Waals surface area contributed by atoms with Gasteiger partial charge in [0.05, 0.1) is 24.3 Å². The molecule has 2 aromatic rings. The summed E-state index contributed by atoms with van der Waals surface area (Å²) in [4.78, 5) is 27.8. The van der Waals surface area contributed by atoms with E-state index in [0.717, 1.165) is 47.9 Å². The fourth-order valence-electron chi connectivity index (χ4n) is 4.47. The van der Waals surface area contributed by atoms with Crippen LogP contribution in [-0.2, 0) is 14.3 Å². The smallest absolute Gasteiger partial charge is 0.295 e. The summed E-state index contributed by atoms with van der Waals surface area (Å²) in [6, 6.07) is 13.8. The second kappa shape index (κ2) is 11.2. The molecule has 34 heavy (non-hydrogen) atoms. The summed E-state index contributed by atoms with van der Waals surface area (Å²) in [7, 11) is 0. The van der Waals surface area contributed by atoms with Gasteiger partial charge >= 0.3 is 0 Å². The maximum atomic E-state index is 13.1. The van der Waals surface area contributed by atoms with Gasteiger partial charge in [-0.05, 0) is 49.1 Å². The van der Waals surface area contributed by atoms with E-state index in [2.05, 4.69) is 22.9 Å². The van der Waals surface area contributed by atoms with Crippen LogP contribution in [0.2, 0.25) is 0 Å². The lowest BCUT2D eigenvalue weighted by molar-refractivity contribution is -0.140. The standard InChI is InChI=1S/C27H30BrNO5/c1-2-3-4-15-33-21-13-9-18(10-14-21)24-23(25(30)19-7-11-20(28)12-8-19)26(31)27(32)29(24)17-22-6-5-16-34-22/h7-14,22,24,30H,2-6,15-17H2,1H3. The number of carbonyl (C=O) groups excluding carboxylic acids is 2. The van der Waals surface area contributed by atoms with E-state index in [9.17, 15) is 14.7 Å². The second-order valence-electron chi connectivity index (χ2n) is 8.72. The van der Waals surface area contributed by atoms with Gasteiger partial charge in [0.15, 0.2) is 0 Å². The summed E-state index contributed by atoms with van der Waals surface area (Å²) in [5, 5.41) is 11.1. The molecule has 6 nitrogen and oxygen atoms in total. The van der Waals surface area contributed by atoms with E-state index < -0.39 is 17.7 Å². The van der Waals surface area contributed by atoms with Gasteiger partial charge in [0.2, 0.25) is 0 Å². The summed E-state index contributed by atoms with van der Waals surface area (Å²) in [6.45, 7) is 3.76. The van der Waals surface area contributed by atoms with Crippen molar-refractivity contribution in [1.82, 2.24) is 4.90 Å². The van der Waals surface area contributed by atoms with Crippen LogP contribution in [-0.4, -0.2) is 47.6 Å². The van der Waals surface area contributed by atoms with Crippen LogP contribution in [0.1, 0.15) is 56.2 Å². The van der Waals surface area contributed by atoms with Gasteiger partial charge < -0.3 is 19.5 Å². The molecule has 0 bridgehead atoms. The Hall–Kier alpha value is -2.64. The van der Waals surface area contributed by atoms with Gasteiger partial charge in [-0.1, -0.05) is 60.0 Å². The molecule has 7 heteroatoms. The van der Waals surface area contributed by atoms with Crippen molar-refractivity contribution in [2.24, 2.45) is 0 Å². The largest absolute Gasteiger partial charge is 0.507 e. The predicted molar refractivity (Wildman–Crippen MR) is 134 cm³/mol. The molecule has 0 saturated carbocycles. The minimum absolute atomic E-state index is 0.0990. The molecule has 0 spiro atoms. The molecule has 1 N–H and O–H groups in total. The summed E-state index contributed by atoms with van der Waals surface area (Å²) in [6.07, 6.45) is 4.90. The quantitative estimate of drug-likeness (QED) is 0.198. The molecule has 2 aliphatic heterocycles. The van der Waals surface area contributed by atoms with Crippen LogP contribution in [0.25, 0.3) is 5.76 Å². The third-order valence-corrected chi connectivity index (χ3v) is 6.82. The predicted octanol–water partition coefficient (Wildman–Crippen LogP) is 5.62. The molecule has 0 aromatic heterocycles. The zero-order valence-electron chi connectivity index (χ0n) is 19.3. The van der Waals surface area contributed by atoms with Gasteiger partial charge in [0, 0.05) is 23.2 Å². The van der Waals surface area contributed by atoms with Crippen LogP contribution >= 0.6 is 15.9 Å². The van der Waals surface area contributed by atoms with Gasteiger partial charge in [0.25, 0.3) is 11.7 Å². The van der Waals surface area contributed by atoms with Crippen LogP contribution in [0.4, 0.5) is 0 Å². The van der Waals surface area contributed by atoms with E-state index in [-0.39, 0.29) is 17.4 Å². The number of likely N-dealkylation sites (tertiary alicyclic amines) is 1. The van der Waals surface area contributed by atoms with E-state index >= 15 is 0 Å². The Morgan fingerprint density at radius 3 is 2.50 bits per heavy atom. The van der Waals surface area contributed by atoms with Crippen molar-refractivity contribution in [3.63, 3.8) is 0 Å². The number of nitrogens with zero attached hydrogens (tertiary/aromatic N) is 1. The van der Waals surface area contributed by atoms with Gasteiger partial charge in [-0.25, -0.2) is 0 Å². The number of Topliss-reactive ketones (excluding diaryl/α,β-unsaturated/α-hetero) is 1. The molecule has 2 fully saturated rings. The molecule has 0 aliphatic carbocycles. The van der Waals surface area contributed by atoms with Crippen LogP contribution < -0.4 is 4.74 Å². The molecule has 2 heterocycles. The normalized spacial score (nSPS) is 21.9. The molecule has 2 aliphatic rings. The number of amides is 1. The van der Waals surface area contributed by atoms with Crippen LogP contribution in [0.5, 0.6) is 5.75 Å². The molecule has 1 amide bonds. The summed E-state index contributed by atoms with van der Waals surface area (Å²) < 4.78 is 12.4. The first-order valence-electron chi connectivity index (χ1n) is 11.9. The fraction of sp³-hybridized carbons (Fsp3) is 0.407. The van der Waals surface area contributed by atoms with Crippen LogP contribution in [0, 0.1) is 0 Å². The van der Waals surface area contributed by atoms with Crippen molar-refractivity contribution in [3.05, 3.63) is 69.7 Å². The van der Waals surface area contributed by atoms with Gasteiger partial charge in [-0.15, -0.1) is 0 Å². The minimum atomic E-state index is -0.693. The Balaban J connectivity index is 1.68. The Kier molecular flexibility index (Phi) is 8.06. The molecular formula is C27H30BrNO5.